The second-order valence-electron chi connectivity index (χ2n) is 5.21. The molecule has 2 N–H and O–H groups in total. The fourth-order valence-electron chi connectivity index (χ4n) is 2.28. The molecule has 2 aromatic heterocycles. The van der Waals surface area contributed by atoms with Crippen molar-refractivity contribution in [1.82, 2.24) is 15.4 Å². The van der Waals surface area contributed by atoms with Gasteiger partial charge in [0.2, 0.25) is 5.91 Å². The SMILES string of the molecule is CCOC(=O)c1c(C)[nH]c(/C=N/NC(=O)Cc2csc(C)n2)c1C. The standard InChI is InChI=1S/C16H20N4O3S/c1-5-23-16(22)15-9(2)13(18-10(15)3)7-17-20-14(21)6-12-8-24-11(4)19-12/h7-8,18H,5-6H2,1-4H3,(H,20,21)/b17-7+. The summed E-state index contributed by atoms with van der Waals surface area (Å²) < 4.78 is 5.03. The number of thiazole rings is 1. The Labute approximate surface area is 144 Å². The van der Waals surface area contributed by atoms with Crippen molar-refractivity contribution in [3.05, 3.63) is 38.6 Å². The van der Waals surface area contributed by atoms with E-state index in [0.29, 0.717) is 23.6 Å². The lowest BCUT2D eigenvalue weighted by Crippen LogP contribution is -2.20. The molecule has 128 valence electrons. The summed E-state index contributed by atoms with van der Waals surface area (Å²) in [5.41, 5.74) is 5.78. The molecule has 2 rings (SSSR count). The van der Waals surface area contributed by atoms with Gasteiger partial charge in [-0.3, -0.25) is 4.79 Å². The Morgan fingerprint density at radius 1 is 1.42 bits per heavy atom. The second-order valence-corrected chi connectivity index (χ2v) is 6.27. The molecule has 0 unspecified atom stereocenters. The van der Waals surface area contributed by atoms with Gasteiger partial charge in [-0.15, -0.1) is 11.3 Å². The smallest absolute Gasteiger partial charge is 0.340 e. The van der Waals surface area contributed by atoms with Crippen LogP contribution in [-0.2, 0) is 16.0 Å². The number of hydrogen-bond donors (Lipinski definition) is 2. The van der Waals surface area contributed by atoms with Crippen LogP contribution in [-0.4, -0.2) is 34.7 Å². The maximum absolute atomic E-state index is 11.9. The number of aromatic amines is 1. The van der Waals surface area contributed by atoms with Gasteiger partial charge in [0.05, 0.1) is 41.2 Å². The van der Waals surface area contributed by atoms with Crippen LogP contribution in [0.4, 0.5) is 0 Å². The van der Waals surface area contributed by atoms with Crippen LogP contribution in [0, 0.1) is 20.8 Å². The van der Waals surface area contributed by atoms with E-state index in [1.807, 2.05) is 12.3 Å². The molecule has 0 saturated carbocycles. The van der Waals surface area contributed by atoms with Crippen molar-refractivity contribution in [2.24, 2.45) is 5.10 Å². The van der Waals surface area contributed by atoms with Gasteiger partial charge in [-0.1, -0.05) is 0 Å². The number of amides is 1. The quantitative estimate of drug-likeness (QED) is 0.475. The number of esters is 1. The van der Waals surface area contributed by atoms with Crippen LogP contribution in [0.5, 0.6) is 0 Å². The average molecular weight is 348 g/mol. The minimum atomic E-state index is -0.369. The van der Waals surface area contributed by atoms with Gasteiger partial charge in [0.15, 0.2) is 0 Å². The zero-order valence-corrected chi connectivity index (χ0v) is 14.9. The maximum Gasteiger partial charge on any atom is 0.340 e. The third-order valence-electron chi connectivity index (χ3n) is 3.35. The Hall–Kier alpha value is -2.48. The van der Waals surface area contributed by atoms with Crippen LogP contribution < -0.4 is 5.43 Å². The Morgan fingerprint density at radius 3 is 2.79 bits per heavy atom. The number of carbonyl (C=O) groups is 2. The summed E-state index contributed by atoms with van der Waals surface area (Å²) in [6, 6.07) is 0. The van der Waals surface area contributed by atoms with Crippen molar-refractivity contribution < 1.29 is 14.3 Å². The molecule has 0 spiro atoms. The van der Waals surface area contributed by atoms with E-state index in [-0.39, 0.29) is 18.3 Å². The second kappa shape index (κ2) is 7.87. The highest BCUT2D eigenvalue weighted by Gasteiger charge is 2.18. The number of rotatable bonds is 6. The lowest BCUT2D eigenvalue weighted by atomic mass is 10.1. The topological polar surface area (TPSA) is 96.4 Å². The molecule has 0 aromatic carbocycles. The van der Waals surface area contributed by atoms with Crippen molar-refractivity contribution in [3.63, 3.8) is 0 Å². The number of ether oxygens (including phenoxy) is 1. The molecule has 1 amide bonds. The van der Waals surface area contributed by atoms with Crippen molar-refractivity contribution >= 4 is 29.4 Å². The number of aryl methyl sites for hydroxylation is 2. The summed E-state index contributed by atoms with van der Waals surface area (Å²) >= 11 is 1.50. The molecule has 24 heavy (non-hydrogen) atoms. The number of nitrogens with zero attached hydrogens (tertiary/aromatic N) is 2. The lowest BCUT2D eigenvalue weighted by molar-refractivity contribution is -0.120. The predicted molar refractivity (Wildman–Crippen MR) is 92.5 cm³/mol. The first-order valence-corrected chi connectivity index (χ1v) is 8.39. The minimum Gasteiger partial charge on any atom is -0.462 e. The normalized spacial score (nSPS) is 11.0. The van der Waals surface area contributed by atoms with Crippen LogP contribution >= 0.6 is 11.3 Å². The fraction of sp³-hybridized carbons (Fsp3) is 0.375. The molecule has 7 nitrogen and oxygen atoms in total. The van der Waals surface area contributed by atoms with Gasteiger partial charge in [0, 0.05) is 11.1 Å². The van der Waals surface area contributed by atoms with Crippen LogP contribution in [0.1, 0.15) is 44.9 Å². The zero-order valence-electron chi connectivity index (χ0n) is 14.1. The van der Waals surface area contributed by atoms with Crippen molar-refractivity contribution in [2.75, 3.05) is 6.61 Å². The lowest BCUT2D eigenvalue weighted by Gasteiger charge is -2.01. The summed E-state index contributed by atoms with van der Waals surface area (Å²) in [7, 11) is 0. The molecule has 2 aromatic rings. The van der Waals surface area contributed by atoms with Crippen LogP contribution in [0.25, 0.3) is 0 Å². The van der Waals surface area contributed by atoms with Gasteiger partial charge >= 0.3 is 5.97 Å². The predicted octanol–water partition coefficient (Wildman–Crippen LogP) is 2.27. The fourth-order valence-corrected chi connectivity index (χ4v) is 2.89. The first-order valence-electron chi connectivity index (χ1n) is 7.51. The molecule has 0 aliphatic heterocycles. The largest absolute Gasteiger partial charge is 0.462 e. The summed E-state index contributed by atoms with van der Waals surface area (Å²) in [6.07, 6.45) is 1.66. The summed E-state index contributed by atoms with van der Waals surface area (Å²) in [5.74, 6) is -0.616. The molecule has 0 atom stereocenters. The molecule has 0 fully saturated rings. The van der Waals surface area contributed by atoms with E-state index in [2.05, 4.69) is 20.5 Å². The van der Waals surface area contributed by atoms with Gasteiger partial charge in [-0.05, 0) is 33.3 Å². The summed E-state index contributed by atoms with van der Waals surface area (Å²) in [5, 5.41) is 6.70. The van der Waals surface area contributed by atoms with Gasteiger partial charge in [-0.2, -0.15) is 5.10 Å². The zero-order chi connectivity index (χ0) is 17.7. The highest BCUT2D eigenvalue weighted by Crippen LogP contribution is 2.17. The molecule has 2 heterocycles. The van der Waals surface area contributed by atoms with Gasteiger partial charge < -0.3 is 9.72 Å². The Morgan fingerprint density at radius 2 is 2.17 bits per heavy atom. The van der Waals surface area contributed by atoms with E-state index in [1.165, 1.54) is 17.6 Å². The van der Waals surface area contributed by atoms with Gasteiger partial charge in [0.1, 0.15) is 0 Å². The molecule has 0 aliphatic rings. The number of H-pyrrole nitrogens is 1. The number of hydrazone groups is 1. The monoisotopic (exact) mass is 348 g/mol. The Kier molecular flexibility index (Phi) is 5.86. The third-order valence-corrected chi connectivity index (χ3v) is 4.17. The highest BCUT2D eigenvalue weighted by atomic mass is 32.1. The molecule has 0 saturated heterocycles. The average Bonchev–Trinajstić information content (AvgIpc) is 3.03. The van der Waals surface area contributed by atoms with Crippen molar-refractivity contribution in [2.45, 2.75) is 34.1 Å². The summed E-state index contributed by atoms with van der Waals surface area (Å²) in [4.78, 5) is 31.0. The van der Waals surface area contributed by atoms with E-state index >= 15 is 0 Å². The van der Waals surface area contributed by atoms with Crippen LogP contribution in [0.2, 0.25) is 0 Å². The van der Waals surface area contributed by atoms with Gasteiger partial charge in [-0.25, -0.2) is 15.2 Å². The number of hydrogen-bond acceptors (Lipinski definition) is 6. The highest BCUT2D eigenvalue weighted by molar-refractivity contribution is 7.09. The first kappa shape index (κ1) is 17.9. The first-order chi connectivity index (χ1) is 11.4. The number of aromatic nitrogens is 2. The molecular weight excluding hydrogens is 328 g/mol. The molecular formula is C16H20N4O3S. The number of nitrogens with one attached hydrogen (secondary N) is 2. The van der Waals surface area contributed by atoms with E-state index in [9.17, 15) is 9.59 Å². The molecule has 8 heteroatoms. The van der Waals surface area contributed by atoms with E-state index in [4.69, 9.17) is 4.74 Å². The minimum absolute atomic E-state index is 0.179. The summed E-state index contributed by atoms with van der Waals surface area (Å²) in [6.45, 7) is 7.56. The van der Waals surface area contributed by atoms with Gasteiger partial charge in [0.25, 0.3) is 0 Å². The Bertz CT molecular complexity index is 776. The van der Waals surface area contributed by atoms with Crippen molar-refractivity contribution in [3.8, 4) is 0 Å². The third kappa shape index (κ3) is 4.29. The molecule has 0 bridgehead atoms. The number of carbonyl (C=O) groups excluding carboxylic acids is 2. The van der Waals surface area contributed by atoms with Crippen LogP contribution in [0.15, 0.2) is 10.5 Å². The molecule has 0 aliphatic carbocycles. The van der Waals surface area contributed by atoms with E-state index in [0.717, 1.165) is 16.3 Å². The van der Waals surface area contributed by atoms with E-state index < -0.39 is 0 Å². The van der Waals surface area contributed by atoms with Crippen LogP contribution in [0.3, 0.4) is 0 Å². The maximum atomic E-state index is 11.9. The molecule has 0 radical (unpaired) electrons. The van der Waals surface area contributed by atoms with Crippen molar-refractivity contribution in [1.29, 1.82) is 0 Å². The Balaban J connectivity index is 2.00. The van der Waals surface area contributed by atoms with E-state index in [1.54, 1.807) is 20.8 Å².